The van der Waals surface area contributed by atoms with Crippen LogP contribution in [0.1, 0.15) is 11.1 Å². The zero-order valence-electron chi connectivity index (χ0n) is 7.18. The number of hydrogen-bond donors (Lipinski definition) is 1. The lowest BCUT2D eigenvalue weighted by molar-refractivity contribution is -0.140. The molecule has 0 aromatic carbocycles. The Labute approximate surface area is 96.5 Å². The van der Waals surface area contributed by atoms with Crippen molar-refractivity contribution < 1.29 is 23.1 Å². The highest BCUT2D eigenvalue weighted by Gasteiger charge is 2.36. The lowest BCUT2D eigenvalue weighted by atomic mass is 10.1. The molecule has 0 fully saturated rings. The molecule has 0 saturated heterocycles. The van der Waals surface area contributed by atoms with Crippen LogP contribution in [0.4, 0.5) is 13.2 Å². The summed E-state index contributed by atoms with van der Waals surface area (Å²) in [6.07, 6.45) is -4.07. The molecule has 0 saturated carbocycles. The highest BCUT2D eigenvalue weighted by Crippen LogP contribution is 2.34. The fourth-order valence-corrected chi connectivity index (χ4v) is 1.90. The Bertz CT molecular complexity index is 392. The van der Waals surface area contributed by atoms with Gasteiger partial charge in [0.05, 0.1) is 12.0 Å². The number of aromatic nitrogens is 1. The first kappa shape index (κ1) is 12.2. The second-order valence-corrected chi connectivity index (χ2v) is 3.73. The molecule has 0 amide bonds. The van der Waals surface area contributed by atoms with E-state index in [1.807, 2.05) is 0 Å². The van der Waals surface area contributed by atoms with Gasteiger partial charge in [0, 0.05) is 6.20 Å². The molecule has 0 atom stereocenters. The van der Waals surface area contributed by atoms with Crippen molar-refractivity contribution in [3.63, 3.8) is 0 Å². The molecule has 1 heterocycles. The van der Waals surface area contributed by atoms with Crippen molar-refractivity contribution in [1.29, 1.82) is 0 Å². The predicted octanol–water partition coefficient (Wildman–Crippen LogP) is 2.33. The minimum atomic E-state index is -4.57. The Morgan fingerprint density at radius 3 is 2.60 bits per heavy atom. The molecule has 1 N–H and O–H groups in total. The highest BCUT2D eigenvalue weighted by atomic mass is 127. The molecule has 0 bridgehead atoms. The first-order valence-corrected chi connectivity index (χ1v) is 4.82. The molecule has 0 aliphatic carbocycles. The van der Waals surface area contributed by atoms with E-state index in [1.54, 1.807) is 0 Å². The standard InChI is InChI=1S/C8H5F3INO2/c9-8(10,11)6-4(3-5(14)15)1-2-13-7(6)12/h1-2H,3H2,(H,14,15). The first-order chi connectivity index (χ1) is 6.82. The topological polar surface area (TPSA) is 50.2 Å². The molecule has 0 aliphatic rings. The molecule has 82 valence electrons. The Balaban J connectivity index is 3.27. The quantitative estimate of drug-likeness (QED) is 0.669. The second-order valence-electron chi connectivity index (χ2n) is 2.70. The first-order valence-electron chi connectivity index (χ1n) is 3.74. The summed E-state index contributed by atoms with van der Waals surface area (Å²) in [6.45, 7) is 0. The van der Waals surface area contributed by atoms with Gasteiger partial charge in [-0.05, 0) is 34.2 Å². The van der Waals surface area contributed by atoms with Gasteiger partial charge in [-0.1, -0.05) is 0 Å². The number of rotatable bonds is 2. The maximum absolute atomic E-state index is 12.5. The smallest absolute Gasteiger partial charge is 0.419 e. The van der Waals surface area contributed by atoms with Crippen LogP contribution >= 0.6 is 22.6 Å². The minimum Gasteiger partial charge on any atom is -0.481 e. The van der Waals surface area contributed by atoms with Crippen LogP contribution in [0.3, 0.4) is 0 Å². The summed E-state index contributed by atoms with van der Waals surface area (Å²) in [4.78, 5) is 13.9. The zero-order chi connectivity index (χ0) is 11.6. The number of carboxylic acids is 1. The van der Waals surface area contributed by atoms with Crippen molar-refractivity contribution in [2.75, 3.05) is 0 Å². The molecular formula is C8H5F3INO2. The Morgan fingerprint density at radius 2 is 2.13 bits per heavy atom. The van der Waals surface area contributed by atoms with Crippen LogP contribution in [0.5, 0.6) is 0 Å². The largest absolute Gasteiger partial charge is 0.481 e. The van der Waals surface area contributed by atoms with Crippen LogP contribution < -0.4 is 0 Å². The molecule has 7 heteroatoms. The van der Waals surface area contributed by atoms with Crippen molar-refractivity contribution in [2.45, 2.75) is 12.6 Å². The van der Waals surface area contributed by atoms with E-state index in [1.165, 1.54) is 22.6 Å². The van der Waals surface area contributed by atoms with Gasteiger partial charge in [0.2, 0.25) is 0 Å². The van der Waals surface area contributed by atoms with Gasteiger partial charge in [0.1, 0.15) is 3.70 Å². The number of carbonyl (C=O) groups is 1. The van der Waals surface area contributed by atoms with Crippen LogP contribution in [0.25, 0.3) is 0 Å². The molecule has 1 aromatic rings. The third-order valence-electron chi connectivity index (χ3n) is 1.62. The van der Waals surface area contributed by atoms with Crippen LogP contribution in [0, 0.1) is 3.70 Å². The molecule has 3 nitrogen and oxygen atoms in total. The third kappa shape index (κ3) is 3.05. The highest BCUT2D eigenvalue weighted by molar-refractivity contribution is 14.1. The number of nitrogens with zero attached hydrogens (tertiary/aromatic N) is 1. The van der Waals surface area contributed by atoms with Gasteiger partial charge in [-0.25, -0.2) is 4.98 Å². The van der Waals surface area contributed by atoms with E-state index in [4.69, 9.17) is 5.11 Å². The maximum Gasteiger partial charge on any atom is 0.419 e. The molecule has 0 unspecified atom stereocenters. The van der Waals surface area contributed by atoms with E-state index in [0.29, 0.717) is 0 Å². The summed E-state index contributed by atoms with van der Waals surface area (Å²) >= 11 is 1.43. The van der Waals surface area contributed by atoms with Crippen molar-refractivity contribution in [3.05, 3.63) is 27.1 Å². The van der Waals surface area contributed by atoms with E-state index >= 15 is 0 Å². The number of pyridine rings is 1. The van der Waals surface area contributed by atoms with E-state index in [9.17, 15) is 18.0 Å². The summed E-state index contributed by atoms with van der Waals surface area (Å²) in [6, 6.07) is 1.07. The minimum absolute atomic E-state index is 0.237. The van der Waals surface area contributed by atoms with Crippen LogP contribution in [-0.2, 0) is 17.4 Å². The summed E-state index contributed by atoms with van der Waals surface area (Å²) < 4.78 is 37.3. The molecule has 1 aromatic heterocycles. The van der Waals surface area contributed by atoms with Gasteiger partial charge in [-0.15, -0.1) is 0 Å². The summed E-state index contributed by atoms with van der Waals surface area (Å²) in [5.74, 6) is -1.30. The monoisotopic (exact) mass is 331 g/mol. The van der Waals surface area contributed by atoms with Crippen LogP contribution in [-0.4, -0.2) is 16.1 Å². The van der Waals surface area contributed by atoms with Gasteiger partial charge in [0.25, 0.3) is 0 Å². The number of aliphatic carboxylic acids is 1. The van der Waals surface area contributed by atoms with Crippen LogP contribution in [0.2, 0.25) is 0 Å². The van der Waals surface area contributed by atoms with E-state index < -0.39 is 24.1 Å². The average Bonchev–Trinajstić information content (AvgIpc) is 1.99. The third-order valence-corrected chi connectivity index (χ3v) is 2.43. The van der Waals surface area contributed by atoms with Crippen molar-refractivity contribution >= 4 is 28.6 Å². The van der Waals surface area contributed by atoms with Gasteiger partial charge in [0.15, 0.2) is 0 Å². The van der Waals surface area contributed by atoms with Gasteiger partial charge < -0.3 is 5.11 Å². The summed E-state index contributed by atoms with van der Waals surface area (Å²) in [7, 11) is 0. The van der Waals surface area contributed by atoms with Crippen molar-refractivity contribution in [3.8, 4) is 0 Å². The Kier molecular flexibility index (Phi) is 3.53. The normalized spacial score (nSPS) is 11.5. The fourth-order valence-electron chi connectivity index (χ4n) is 1.08. The number of carboxylic acid groups (broad SMARTS) is 1. The predicted molar refractivity (Wildman–Crippen MR) is 53.3 cm³/mol. The molecule has 1 rings (SSSR count). The maximum atomic E-state index is 12.5. The molecular weight excluding hydrogens is 326 g/mol. The molecule has 0 aliphatic heterocycles. The van der Waals surface area contributed by atoms with E-state index in [0.717, 1.165) is 12.3 Å². The zero-order valence-corrected chi connectivity index (χ0v) is 9.33. The van der Waals surface area contributed by atoms with Gasteiger partial charge in [-0.3, -0.25) is 4.79 Å². The summed E-state index contributed by atoms with van der Waals surface area (Å²) in [5.41, 5.74) is -1.23. The SMILES string of the molecule is O=C(O)Cc1ccnc(I)c1C(F)(F)F. The molecule has 0 radical (unpaired) electrons. The fraction of sp³-hybridized carbons (Fsp3) is 0.250. The number of alkyl halides is 3. The lowest BCUT2D eigenvalue weighted by Gasteiger charge is -2.12. The lowest BCUT2D eigenvalue weighted by Crippen LogP contribution is -2.15. The number of hydrogen-bond acceptors (Lipinski definition) is 2. The van der Waals surface area contributed by atoms with Crippen molar-refractivity contribution in [1.82, 2.24) is 4.98 Å². The van der Waals surface area contributed by atoms with Gasteiger partial charge >= 0.3 is 12.1 Å². The molecule has 0 spiro atoms. The average molecular weight is 331 g/mol. The Hall–Kier alpha value is -0.860. The van der Waals surface area contributed by atoms with Crippen LogP contribution in [0.15, 0.2) is 12.3 Å². The van der Waals surface area contributed by atoms with E-state index in [-0.39, 0.29) is 9.26 Å². The second kappa shape index (κ2) is 4.33. The molecule has 15 heavy (non-hydrogen) atoms. The van der Waals surface area contributed by atoms with Gasteiger partial charge in [-0.2, -0.15) is 13.2 Å². The van der Waals surface area contributed by atoms with E-state index in [2.05, 4.69) is 4.98 Å². The Morgan fingerprint density at radius 1 is 1.53 bits per heavy atom. The number of halogens is 4. The summed E-state index contributed by atoms with van der Waals surface area (Å²) in [5, 5.41) is 8.46. The van der Waals surface area contributed by atoms with Crippen molar-refractivity contribution in [2.24, 2.45) is 0 Å².